The number of hydrogen-bond acceptors (Lipinski definition) is 8. The molecule has 0 aromatic carbocycles. The summed E-state index contributed by atoms with van der Waals surface area (Å²) in [5, 5.41) is 5.39. The maximum absolute atomic E-state index is 13.7. The van der Waals surface area contributed by atoms with Gasteiger partial charge in [0.2, 0.25) is 11.9 Å². The van der Waals surface area contributed by atoms with Crippen LogP contribution in [0.2, 0.25) is 0 Å². The summed E-state index contributed by atoms with van der Waals surface area (Å²) in [6.07, 6.45) is -5.18. The molecule has 222 valence electrons. The van der Waals surface area contributed by atoms with E-state index in [1.807, 2.05) is 5.10 Å². The number of anilines is 2. The van der Waals surface area contributed by atoms with Crippen molar-refractivity contribution in [2.24, 2.45) is 11.8 Å². The summed E-state index contributed by atoms with van der Waals surface area (Å²) in [6.45, 7) is 1.42. The molecule has 2 saturated heterocycles. The number of carbonyl (C=O) groups excluding carboxylic acids is 2. The van der Waals surface area contributed by atoms with E-state index >= 15 is 0 Å². The first-order valence-corrected chi connectivity index (χ1v) is 13.2. The molecule has 16 heteroatoms. The molecule has 0 bridgehead atoms. The van der Waals surface area contributed by atoms with Gasteiger partial charge < -0.3 is 14.7 Å². The van der Waals surface area contributed by atoms with Crippen molar-refractivity contribution in [2.75, 3.05) is 42.5 Å². The Morgan fingerprint density at radius 3 is 2.22 bits per heavy atom. The number of alkyl halides is 6. The van der Waals surface area contributed by atoms with E-state index in [1.165, 1.54) is 4.90 Å². The molecule has 3 atom stereocenters. The highest BCUT2D eigenvalue weighted by molar-refractivity contribution is 5.91. The standard InChI is InChI=1S/C25H27F6N7O3/c26-24(27,28)15-11-32-23(33-12-15)37-8-6-36(7-9-37)19(39)10-14-3-4-16(21(14)40)17-2-1-5-38(17)18-13-34-35-22(41)20(18)25(29,30)31/h11-14,16-17H,1-10H2,(H,35,41)/t14-,16+,17+/m1/s1. The summed E-state index contributed by atoms with van der Waals surface area (Å²) in [5.41, 5.74) is -3.97. The molecule has 0 radical (unpaired) electrons. The zero-order valence-electron chi connectivity index (χ0n) is 21.7. The second-order valence-corrected chi connectivity index (χ2v) is 10.5. The third-order valence-corrected chi connectivity index (χ3v) is 8.09. The highest BCUT2D eigenvalue weighted by Gasteiger charge is 2.46. The Hall–Kier alpha value is -3.72. The Labute approximate surface area is 229 Å². The number of aromatic amines is 1. The predicted octanol–water partition coefficient (Wildman–Crippen LogP) is 2.90. The molecule has 2 aliphatic heterocycles. The van der Waals surface area contributed by atoms with Gasteiger partial charge in [0.25, 0.3) is 5.56 Å². The van der Waals surface area contributed by atoms with Crippen LogP contribution in [0.1, 0.15) is 43.2 Å². The van der Waals surface area contributed by atoms with Gasteiger partial charge in [-0.2, -0.15) is 31.4 Å². The van der Waals surface area contributed by atoms with Crippen LogP contribution in [0.5, 0.6) is 0 Å². The number of carbonyl (C=O) groups is 2. The summed E-state index contributed by atoms with van der Waals surface area (Å²) in [5.74, 6) is -1.41. The van der Waals surface area contributed by atoms with E-state index in [0.29, 0.717) is 51.2 Å². The van der Waals surface area contributed by atoms with Gasteiger partial charge in [-0.15, -0.1) is 0 Å². The molecule has 0 unspecified atom stereocenters. The number of hydrogen-bond donors (Lipinski definition) is 1. The van der Waals surface area contributed by atoms with Gasteiger partial charge in [-0.05, 0) is 25.7 Å². The topological polar surface area (TPSA) is 115 Å². The fourth-order valence-corrected chi connectivity index (χ4v) is 6.07. The lowest BCUT2D eigenvalue weighted by Crippen LogP contribution is -2.49. The van der Waals surface area contributed by atoms with E-state index in [2.05, 4.69) is 15.1 Å². The van der Waals surface area contributed by atoms with Crippen molar-refractivity contribution in [3.8, 4) is 0 Å². The van der Waals surface area contributed by atoms with Gasteiger partial charge in [0.05, 0.1) is 17.4 Å². The molecule has 4 heterocycles. The average molecular weight is 588 g/mol. The normalized spacial score (nSPS) is 23.9. The fourth-order valence-electron chi connectivity index (χ4n) is 6.07. The van der Waals surface area contributed by atoms with Crippen LogP contribution in [0.15, 0.2) is 23.4 Å². The number of rotatable bonds is 5. The van der Waals surface area contributed by atoms with Crippen LogP contribution in [0.25, 0.3) is 0 Å². The Bertz CT molecular complexity index is 1340. The van der Waals surface area contributed by atoms with Gasteiger partial charge in [-0.3, -0.25) is 14.4 Å². The van der Waals surface area contributed by atoms with E-state index in [0.717, 1.165) is 6.20 Å². The quantitative estimate of drug-likeness (QED) is 0.532. The molecule has 5 rings (SSSR count). The Kier molecular flexibility index (Phi) is 7.68. The van der Waals surface area contributed by atoms with Crippen LogP contribution >= 0.6 is 0 Å². The van der Waals surface area contributed by atoms with Gasteiger partial charge in [-0.1, -0.05) is 0 Å². The van der Waals surface area contributed by atoms with Crippen LogP contribution in [0, 0.1) is 11.8 Å². The van der Waals surface area contributed by atoms with Crippen molar-refractivity contribution in [1.29, 1.82) is 0 Å². The number of nitrogens with one attached hydrogen (secondary N) is 1. The maximum Gasteiger partial charge on any atom is 0.423 e. The largest absolute Gasteiger partial charge is 0.423 e. The van der Waals surface area contributed by atoms with Crippen molar-refractivity contribution in [3.05, 3.63) is 40.1 Å². The van der Waals surface area contributed by atoms with Crippen LogP contribution < -0.4 is 15.4 Å². The van der Waals surface area contributed by atoms with Gasteiger partial charge in [0.1, 0.15) is 11.3 Å². The third-order valence-electron chi connectivity index (χ3n) is 8.09. The summed E-state index contributed by atoms with van der Waals surface area (Å²) >= 11 is 0. The van der Waals surface area contributed by atoms with Crippen LogP contribution in [0.4, 0.5) is 38.0 Å². The number of ketones is 1. The number of halogens is 6. The first-order chi connectivity index (χ1) is 19.3. The first-order valence-electron chi connectivity index (χ1n) is 13.2. The zero-order valence-corrected chi connectivity index (χ0v) is 21.7. The molecular weight excluding hydrogens is 560 g/mol. The summed E-state index contributed by atoms with van der Waals surface area (Å²) < 4.78 is 79.3. The predicted molar refractivity (Wildman–Crippen MR) is 132 cm³/mol. The van der Waals surface area contributed by atoms with Crippen molar-refractivity contribution in [3.63, 3.8) is 0 Å². The molecule has 3 fully saturated rings. The molecule has 1 aliphatic carbocycles. The molecule has 0 spiro atoms. The minimum atomic E-state index is -4.89. The second kappa shape index (κ2) is 10.9. The number of Topliss-reactive ketones (excluding diaryl/α,β-unsaturated/α-hetero) is 1. The number of aromatic nitrogens is 4. The highest BCUT2D eigenvalue weighted by Crippen LogP contribution is 2.42. The monoisotopic (exact) mass is 587 g/mol. The third kappa shape index (κ3) is 5.86. The number of piperazine rings is 1. The average Bonchev–Trinajstić information content (AvgIpc) is 3.54. The molecular formula is C25H27F6N7O3. The fraction of sp³-hybridized carbons (Fsp3) is 0.600. The zero-order chi connectivity index (χ0) is 29.5. The Morgan fingerprint density at radius 1 is 0.902 bits per heavy atom. The van der Waals surface area contributed by atoms with Crippen molar-refractivity contribution >= 4 is 23.3 Å². The van der Waals surface area contributed by atoms with E-state index in [4.69, 9.17) is 0 Å². The molecule has 2 aromatic rings. The summed E-state index contributed by atoms with van der Waals surface area (Å²) in [7, 11) is 0. The van der Waals surface area contributed by atoms with Crippen LogP contribution in [0.3, 0.4) is 0 Å². The molecule has 1 saturated carbocycles. The molecule has 1 N–H and O–H groups in total. The van der Waals surface area contributed by atoms with Gasteiger partial charge >= 0.3 is 12.4 Å². The van der Waals surface area contributed by atoms with Crippen LogP contribution in [-0.2, 0) is 21.9 Å². The minimum absolute atomic E-state index is 0.0286. The lowest BCUT2D eigenvalue weighted by Gasteiger charge is -2.35. The van der Waals surface area contributed by atoms with Gasteiger partial charge in [0, 0.05) is 69.4 Å². The lowest BCUT2D eigenvalue weighted by molar-refractivity contribution is -0.139. The number of H-pyrrole nitrogens is 1. The van der Waals surface area contributed by atoms with E-state index < -0.39 is 46.9 Å². The van der Waals surface area contributed by atoms with Crippen molar-refractivity contribution < 1.29 is 35.9 Å². The molecule has 41 heavy (non-hydrogen) atoms. The molecule has 10 nitrogen and oxygen atoms in total. The van der Waals surface area contributed by atoms with Gasteiger partial charge in [0.15, 0.2) is 0 Å². The second-order valence-electron chi connectivity index (χ2n) is 10.5. The van der Waals surface area contributed by atoms with Gasteiger partial charge in [-0.25, -0.2) is 15.1 Å². The smallest absolute Gasteiger partial charge is 0.366 e. The molecule has 3 aliphatic rings. The lowest BCUT2D eigenvalue weighted by atomic mass is 9.91. The van der Waals surface area contributed by atoms with Crippen molar-refractivity contribution in [1.82, 2.24) is 25.1 Å². The molecule has 1 amide bonds. The minimum Gasteiger partial charge on any atom is -0.366 e. The van der Waals surface area contributed by atoms with E-state index in [1.54, 1.807) is 9.80 Å². The highest BCUT2D eigenvalue weighted by atomic mass is 19.4. The summed E-state index contributed by atoms with van der Waals surface area (Å²) in [6, 6.07) is -0.528. The molecule has 2 aromatic heterocycles. The van der Waals surface area contributed by atoms with Crippen LogP contribution in [-0.4, -0.2) is 75.5 Å². The Balaban J connectivity index is 1.19. The number of amides is 1. The van der Waals surface area contributed by atoms with E-state index in [9.17, 15) is 40.7 Å². The van der Waals surface area contributed by atoms with Crippen molar-refractivity contribution in [2.45, 2.75) is 50.5 Å². The maximum atomic E-state index is 13.7. The SMILES string of the molecule is O=C1[C@@H](CC(=O)N2CCN(c3ncc(C(F)(F)F)cn3)CC2)CC[C@H]1[C@@H]1CCCN1c1cn[nH]c(=O)c1C(F)(F)F. The first kappa shape index (κ1) is 28.8. The number of nitrogens with zero attached hydrogens (tertiary/aromatic N) is 6. The summed E-state index contributed by atoms with van der Waals surface area (Å²) in [4.78, 5) is 50.7. The van der Waals surface area contributed by atoms with E-state index in [-0.39, 0.29) is 49.4 Å². The Morgan fingerprint density at radius 2 is 1.59 bits per heavy atom.